The predicted molar refractivity (Wildman–Crippen MR) is 51.6 cm³/mol. The summed E-state index contributed by atoms with van der Waals surface area (Å²) in [5, 5.41) is 0. The van der Waals surface area contributed by atoms with Gasteiger partial charge in [0.15, 0.2) is 0 Å². The zero-order chi connectivity index (χ0) is 9.12. The van der Waals surface area contributed by atoms with E-state index in [1.165, 1.54) is 12.8 Å². The van der Waals surface area contributed by atoms with Gasteiger partial charge >= 0.3 is 0 Å². The van der Waals surface area contributed by atoms with E-state index < -0.39 is 0 Å². The first-order chi connectivity index (χ1) is 4.81. The number of nitrogens with two attached hydrogens (primary N) is 1. The Bertz CT molecular complexity index is 109. The van der Waals surface area contributed by atoms with Gasteiger partial charge in [0.2, 0.25) is 0 Å². The fourth-order valence-corrected chi connectivity index (χ4v) is 0.919. The highest BCUT2D eigenvalue weighted by atomic mass is 14.8. The van der Waals surface area contributed by atoms with E-state index in [4.69, 9.17) is 5.73 Å². The normalized spacial score (nSPS) is 18.0. The van der Waals surface area contributed by atoms with E-state index in [2.05, 4.69) is 34.6 Å². The molecule has 0 heterocycles. The molecule has 0 rings (SSSR count). The molecule has 0 aromatic rings. The predicted octanol–water partition coefficient (Wildman–Crippen LogP) is 2.94. The van der Waals surface area contributed by atoms with Gasteiger partial charge in [-0.15, -0.1) is 0 Å². The highest BCUT2D eigenvalue weighted by Gasteiger charge is 2.32. The highest BCUT2D eigenvalue weighted by Crippen LogP contribution is 2.31. The van der Waals surface area contributed by atoms with E-state index in [0.717, 1.165) is 6.42 Å². The number of unbranched alkanes of at least 4 members (excludes halogenated alkanes) is 1. The van der Waals surface area contributed by atoms with Crippen molar-refractivity contribution >= 4 is 0 Å². The smallest absolute Gasteiger partial charge is 0.0174 e. The van der Waals surface area contributed by atoms with E-state index in [1.54, 1.807) is 0 Å². The van der Waals surface area contributed by atoms with Crippen LogP contribution in [0.15, 0.2) is 0 Å². The first kappa shape index (κ1) is 11.0. The standard InChI is InChI=1S/C10H23N/c1-6-7-8-10(5,11)9(2,3)4/h6-8,11H2,1-5H3. The molecule has 0 saturated carbocycles. The Morgan fingerprint density at radius 3 is 1.82 bits per heavy atom. The molecule has 1 heteroatoms. The third-order valence-corrected chi connectivity index (χ3v) is 2.76. The van der Waals surface area contributed by atoms with Gasteiger partial charge in [0.1, 0.15) is 0 Å². The summed E-state index contributed by atoms with van der Waals surface area (Å²) in [6.07, 6.45) is 3.61. The molecule has 1 nitrogen and oxygen atoms in total. The lowest BCUT2D eigenvalue weighted by Crippen LogP contribution is -2.48. The van der Waals surface area contributed by atoms with Gasteiger partial charge in [0, 0.05) is 5.54 Å². The fourth-order valence-electron chi connectivity index (χ4n) is 0.919. The lowest BCUT2D eigenvalue weighted by molar-refractivity contribution is 0.191. The molecule has 11 heavy (non-hydrogen) atoms. The molecule has 0 aliphatic heterocycles. The van der Waals surface area contributed by atoms with Crippen molar-refractivity contribution in [3.05, 3.63) is 0 Å². The summed E-state index contributed by atoms with van der Waals surface area (Å²) in [6, 6.07) is 0. The fraction of sp³-hybridized carbons (Fsp3) is 1.00. The third-order valence-electron chi connectivity index (χ3n) is 2.76. The quantitative estimate of drug-likeness (QED) is 0.669. The third kappa shape index (κ3) is 3.24. The van der Waals surface area contributed by atoms with Crippen molar-refractivity contribution in [2.45, 2.75) is 59.4 Å². The molecule has 0 aromatic carbocycles. The number of rotatable bonds is 3. The molecule has 0 spiro atoms. The summed E-state index contributed by atoms with van der Waals surface area (Å²) in [6.45, 7) is 11.0. The lowest BCUT2D eigenvalue weighted by Gasteiger charge is -2.38. The minimum Gasteiger partial charge on any atom is -0.325 e. The summed E-state index contributed by atoms with van der Waals surface area (Å²) >= 11 is 0. The van der Waals surface area contributed by atoms with Gasteiger partial charge in [0.25, 0.3) is 0 Å². The van der Waals surface area contributed by atoms with Crippen LogP contribution in [0.2, 0.25) is 0 Å². The Hall–Kier alpha value is -0.0400. The van der Waals surface area contributed by atoms with Gasteiger partial charge < -0.3 is 5.73 Å². The monoisotopic (exact) mass is 157 g/mol. The molecule has 1 unspecified atom stereocenters. The zero-order valence-electron chi connectivity index (χ0n) is 8.70. The summed E-state index contributed by atoms with van der Waals surface area (Å²) in [4.78, 5) is 0. The zero-order valence-corrected chi connectivity index (χ0v) is 8.70. The van der Waals surface area contributed by atoms with E-state index in [-0.39, 0.29) is 11.0 Å². The first-order valence-corrected chi connectivity index (χ1v) is 4.60. The van der Waals surface area contributed by atoms with Crippen molar-refractivity contribution < 1.29 is 0 Å². The number of hydrogen-bond donors (Lipinski definition) is 1. The molecule has 1 atom stereocenters. The lowest BCUT2D eigenvalue weighted by atomic mass is 9.73. The maximum absolute atomic E-state index is 6.18. The molecule has 0 radical (unpaired) electrons. The Morgan fingerprint density at radius 1 is 1.09 bits per heavy atom. The summed E-state index contributed by atoms with van der Waals surface area (Å²) < 4.78 is 0. The van der Waals surface area contributed by atoms with Crippen molar-refractivity contribution in [2.24, 2.45) is 11.1 Å². The largest absolute Gasteiger partial charge is 0.325 e. The van der Waals surface area contributed by atoms with Gasteiger partial charge in [-0.3, -0.25) is 0 Å². The minimum absolute atomic E-state index is 0.0109. The maximum Gasteiger partial charge on any atom is 0.0174 e. The molecule has 0 saturated heterocycles. The molecule has 0 aliphatic carbocycles. The topological polar surface area (TPSA) is 26.0 Å². The van der Waals surface area contributed by atoms with Crippen molar-refractivity contribution in [3.63, 3.8) is 0 Å². The maximum atomic E-state index is 6.18. The average Bonchev–Trinajstić information content (AvgIpc) is 1.81. The molecule has 2 N–H and O–H groups in total. The van der Waals surface area contributed by atoms with Crippen LogP contribution in [0.5, 0.6) is 0 Å². The van der Waals surface area contributed by atoms with Crippen LogP contribution in [0.3, 0.4) is 0 Å². The van der Waals surface area contributed by atoms with Crippen LogP contribution < -0.4 is 5.73 Å². The van der Waals surface area contributed by atoms with Crippen LogP contribution in [0.4, 0.5) is 0 Å². The SMILES string of the molecule is CCCCC(C)(N)C(C)(C)C. The molecule has 68 valence electrons. The van der Waals surface area contributed by atoms with Gasteiger partial charge in [0.05, 0.1) is 0 Å². The van der Waals surface area contributed by atoms with Crippen molar-refractivity contribution in [1.82, 2.24) is 0 Å². The highest BCUT2D eigenvalue weighted by molar-refractivity contribution is 4.90. The van der Waals surface area contributed by atoms with Crippen LogP contribution in [0, 0.1) is 5.41 Å². The Morgan fingerprint density at radius 2 is 1.55 bits per heavy atom. The van der Waals surface area contributed by atoms with Crippen molar-refractivity contribution in [3.8, 4) is 0 Å². The minimum atomic E-state index is -0.0109. The van der Waals surface area contributed by atoms with E-state index >= 15 is 0 Å². The number of hydrogen-bond acceptors (Lipinski definition) is 1. The van der Waals surface area contributed by atoms with Gasteiger partial charge in [-0.05, 0) is 18.8 Å². The second-order valence-corrected chi connectivity index (χ2v) is 4.77. The second kappa shape index (κ2) is 3.57. The van der Waals surface area contributed by atoms with E-state index in [0.29, 0.717) is 0 Å². The van der Waals surface area contributed by atoms with Crippen LogP contribution in [-0.4, -0.2) is 5.54 Å². The van der Waals surface area contributed by atoms with Gasteiger partial charge in [-0.1, -0.05) is 40.5 Å². The first-order valence-electron chi connectivity index (χ1n) is 4.60. The molecule has 0 aromatic heterocycles. The van der Waals surface area contributed by atoms with Crippen LogP contribution in [0.1, 0.15) is 53.9 Å². The molecular formula is C10H23N. The molecule has 0 bridgehead atoms. The van der Waals surface area contributed by atoms with Gasteiger partial charge in [-0.2, -0.15) is 0 Å². The summed E-state index contributed by atoms with van der Waals surface area (Å²) in [7, 11) is 0. The Labute approximate surface area is 71.4 Å². The molecular weight excluding hydrogens is 134 g/mol. The average molecular weight is 157 g/mol. The Balaban J connectivity index is 4.00. The van der Waals surface area contributed by atoms with Crippen LogP contribution in [-0.2, 0) is 0 Å². The second-order valence-electron chi connectivity index (χ2n) is 4.77. The van der Waals surface area contributed by atoms with Crippen LogP contribution >= 0.6 is 0 Å². The molecule has 0 aliphatic rings. The van der Waals surface area contributed by atoms with Crippen molar-refractivity contribution in [1.29, 1.82) is 0 Å². The summed E-state index contributed by atoms with van der Waals surface area (Å²) in [5.41, 5.74) is 6.39. The van der Waals surface area contributed by atoms with Crippen LogP contribution in [0.25, 0.3) is 0 Å². The summed E-state index contributed by atoms with van der Waals surface area (Å²) in [5.74, 6) is 0. The van der Waals surface area contributed by atoms with Crippen molar-refractivity contribution in [2.75, 3.05) is 0 Å². The Kier molecular flexibility index (Phi) is 3.56. The van der Waals surface area contributed by atoms with E-state index in [9.17, 15) is 0 Å². The molecule has 0 fully saturated rings. The van der Waals surface area contributed by atoms with Gasteiger partial charge in [-0.25, -0.2) is 0 Å². The van der Waals surface area contributed by atoms with E-state index in [1.807, 2.05) is 0 Å². The molecule has 0 amide bonds.